The minimum atomic E-state index is -3.45. The Hall–Kier alpha value is -3.64. The molecule has 0 radical (unpaired) electrons. The topological polar surface area (TPSA) is 138 Å². The summed E-state index contributed by atoms with van der Waals surface area (Å²) in [7, 11) is -2.22. The van der Waals surface area contributed by atoms with E-state index in [1.807, 2.05) is 0 Å². The quantitative estimate of drug-likeness (QED) is 0.231. The monoisotopic (exact) mass is 475 g/mol. The molecule has 32 heavy (non-hydrogen) atoms. The highest BCUT2D eigenvalue weighted by Crippen LogP contribution is 2.22. The van der Waals surface area contributed by atoms with E-state index < -0.39 is 26.6 Å². The summed E-state index contributed by atoms with van der Waals surface area (Å²) < 4.78 is 30.4. The number of nitrogens with zero attached hydrogens (tertiary/aromatic N) is 3. The average Bonchev–Trinajstić information content (AvgIpc) is 3.07. The molecule has 0 aliphatic heterocycles. The second-order valence-electron chi connectivity index (χ2n) is 6.58. The molecule has 3 aromatic rings. The number of rotatable bonds is 6. The second-order valence-corrected chi connectivity index (χ2v) is 9.61. The molecule has 1 heterocycles. The van der Waals surface area contributed by atoms with Gasteiger partial charge >= 0.3 is 5.97 Å². The van der Waals surface area contributed by atoms with Gasteiger partial charge in [-0.25, -0.2) is 8.42 Å². The fraction of sp³-hybridized carbons (Fsp3) is 0.150. The molecule has 3 rings (SSSR count). The zero-order valence-corrected chi connectivity index (χ0v) is 18.6. The molecular formula is C20H17N3O7S2. The Balaban J connectivity index is 2.04. The number of thiazole rings is 1. The Kier molecular flexibility index (Phi) is 6.65. The van der Waals surface area contributed by atoms with E-state index in [0.29, 0.717) is 15.8 Å². The number of hydrogen-bond acceptors (Lipinski definition) is 8. The minimum Gasteiger partial charge on any atom is -0.468 e. The molecule has 166 valence electrons. The molecule has 0 N–H and O–H groups in total. The summed E-state index contributed by atoms with van der Waals surface area (Å²) >= 11 is 1.04. The van der Waals surface area contributed by atoms with Crippen LogP contribution in [0, 0.1) is 10.1 Å². The smallest absolute Gasteiger partial charge is 0.325 e. The summed E-state index contributed by atoms with van der Waals surface area (Å²) in [5, 5.41) is 10.9. The van der Waals surface area contributed by atoms with Crippen molar-refractivity contribution in [3.63, 3.8) is 0 Å². The highest BCUT2D eigenvalue weighted by atomic mass is 32.2. The predicted molar refractivity (Wildman–Crippen MR) is 118 cm³/mol. The van der Waals surface area contributed by atoms with Crippen molar-refractivity contribution < 1.29 is 27.7 Å². The molecule has 1 aromatic heterocycles. The summed E-state index contributed by atoms with van der Waals surface area (Å²) in [4.78, 5) is 38.9. The Morgan fingerprint density at radius 3 is 2.66 bits per heavy atom. The molecule has 0 fully saturated rings. The van der Waals surface area contributed by atoms with E-state index in [1.54, 1.807) is 6.07 Å². The van der Waals surface area contributed by atoms with E-state index >= 15 is 0 Å². The highest BCUT2D eigenvalue weighted by Gasteiger charge is 2.15. The number of aromatic nitrogens is 1. The second kappa shape index (κ2) is 9.24. The van der Waals surface area contributed by atoms with Gasteiger partial charge in [0.15, 0.2) is 14.6 Å². The van der Waals surface area contributed by atoms with E-state index in [0.717, 1.165) is 23.7 Å². The minimum absolute atomic E-state index is 0.0971. The first-order valence-corrected chi connectivity index (χ1v) is 11.7. The molecular weight excluding hydrogens is 458 g/mol. The van der Waals surface area contributed by atoms with Crippen molar-refractivity contribution in [1.82, 2.24) is 4.57 Å². The number of nitro benzene ring substituents is 1. The molecule has 0 bridgehead atoms. The standard InChI is InChI=1S/C20H17N3O7S2/c1-30-19(25)12-22-16-8-7-15(32(2,28)29)11-17(16)31-20(22)21-18(24)9-6-13-4-3-5-14(10-13)23(26)27/h3-11H,12H2,1-2H3/b9-6+,21-20?. The van der Waals surface area contributed by atoms with Crippen LogP contribution in [0.1, 0.15) is 5.56 Å². The lowest BCUT2D eigenvalue weighted by atomic mass is 10.2. The first-order chi connectivity index (χ1) is 15.1. The molecule has 0 unspecified atom stereocenters. The number of fused-ring (bicyclic) bond motifs is 1. The van der Waals surface area contributed by atoms with Crippen LogP contribution in [0.2, 0.25) is 0 Å². The van der Waals surface area contributed by atoms with Gasteiger partial charge in [-0.05, 0) is 29.8 Å². The molecule has 2 aromatic carbocycles. The molecule has 0 spiro atoms. The number of amides is 1. The number of ether oxygens (including phenoxy) is 1. The van der Waals surface area contributed by atoms with Crippen LogP contribution in [-0.2, 0) is 30.7 Å². The number of hydrogen-bond donors (Lipinski definition) is 0. The van der Waals surface area contributed by atoms with E-state index in [9.17, 15) is 28.1 Å². The molecule has 0 saturated carbocycles. The van der Waals surface area contributed by atoms with Gasteiger partial charge in [0.05, 0.1) is 27.1 Å². The Labute approximate surface area is 186 Å². The van der Waals surface area contributed by atoms with Crippen LogP contribution in [0.25, 0.3) is 16.3 Å². The van der Waals surface area contributed by atoms with E-state index in [2.05, 4.69) is 4.99 Å². The molecule has 10 nitrogen and oxygen atoms in total. The molecule has 0 saturated heterocycles. The average molecular weight is 476 g/mol. The normalized spacial score (nSPS) is 12.4. The number of carbonyl (C=O) groups excluding carboxylic acids is 2. The fourth-order valence-corrected chi connectivity index (χ4v) is 4.55. The van der Waals surface area contributed by atoms with Crippen molar-refractivity contribution in [2.75, 3.05) is 13.4 Å². The van der Waals surface area contributed by atoms with Gasteiger partial charge < -0.3 is 9.30 Å². The summed E-state index contributed by atoms with van der Waals surface area (Å²) in [6, 6.07) is 10.1. The summed E-state index contributed by atoms with van der Waals surface area (Å²) in [5.41, 5.74) is 0.847. The van der Waals surface area contributed by atoms with Crippen LogP contribution < -0.4 is 4.80 Å². The van der Waals surface area contributed by atoms with Gasteiger partial charge in [0, 0.05) is 24.5 Å². The van der Waals surface area contributed by atoms with Crippen LogP contribution in [0.3, 0.4) is 0 Å². The van der Waals surface area contributed by atoms with Gasteiger partial charge in [0.2, 0.25) is 0 Å². The third-order valence-electron chi connectivity index (χ3n) is 4.30. The van der Waals surface area contributed by atoms with Gasteiger partial charge in [-0.2, -0.15) is 4.99 Å². The number of methoxy groups -OCH3 is 1. The SMILES string of the molecule is COC(=O)Cn1c(=NC(=O)/C=C/c2cccc([N+](=O)[O-])c2)sc2cc(S(C)(=O)=O)ccc21. The Bertz CT molecular complexity index is 1430. The van der Waals surface area contributed by atoms with Crippen LogP contribution in [0.15, 0.2) is 58.4 Å². The van der Waals surface area contributed by atoms with Crippen molar-refractivity contribution in [3.05, 3.63) is 69.0 Å². The van der Waals surface area contributed by atoms with Crippen LogP contribution in [0.4, 0.5) is 5.69 Å². The van der Waals surface area contributed by atoms with Crippen molar-refractivity contribution >= 4 is 55.0 Å². The zero-order valence-electron chi connectivity index (χ0n) is 16.9. The maximum Gasteiger partial charge on any atom is 0.325 e. The number of esters is 1. The first-order valence-electron chi connectivity index (χ1n) is 9.00. The maximum atomic E-state index is 12.4. The Morgan fingerprint density at radius 2 is 2.00 bits per heavy atom. The number of benzene rings is 2. The first kappa shape index (κ1) is 23.0. The number of carbonyl (C=O) groups is 2. The van der Waals surface area contributed by atoms with Gasteiger partial charge in [0.25, 0.3) is 11.6 Å². The van der Waals surface area contributed by atoms with Crippen molar-refractivity contribution in [3.8, 4) is 0 Å². The van der Waals surface area contributed by atoms with Gasteiger partial charge in [0.1, 0.15) is 6.54 Å². The largest absolute Gasteiger partial charge is 0.468 e. The van der Waals surface area contributed by atoms with Gasteiger partial charge in [-0.1, -0.05) is 23.5 Å². The van der Waals surface area contributed by atoms with Gasteiger partial charge in [-0.15, -0.1) is 0 Å². The van der Waals surface area contributed by atoms with E-state index in [1.165, 1.54) is 54.2 Å². The molecule has 12 heteroatoms. The Morgan fingerprint density at radius 1 is 1.25 bits per heavy atom. The van der Waals surface area contributed by atoms with Crippen molar-refractivity contribution in [2.45, 2.75) is 11.4 Å². The van der Waals surface area contributed by atoms with Crippen molar-refractivity contribution in [1.29, 1.82) is 0 Å². The van der Waals surface area contributed by atoms with E-state index in [4.69, 9.17) is 4.74 Å². The van der Waals surface area contributed by atoms with Crippen molar-refractivity contribution in [2.24, 2.45) is 4.99 Å². The van der Waals surface area contributed by atoms with E-state index in [-0.39, 0.29) is 21.9 Å². The predicted octanol–water partition coefficient (Wildman–Crippen LogP) is 2.33. The highest BCUT2D eigenvalue weighted by molar-refractivity contribution is 7.90. The number of non-ortho nitro benzene ring substituents is 1. The molecule has 1 amide bonds. The van der Waals surface area contributed by atoms with Crippen LogP contribution in [-0.4, -0.2) is 43.2 Å². The van der Waals surface area contributed by atoms with Gasteiger partial charge in [-0.3, -0.25) is 19.7 Å². The molecule has 0 aliphatic rings. The maximum absolute atomic E-state index is 12.4. The number of sulfone groups is 1. The van der Waals surface area contributed by atoms with Crippen LogP contribution >= 0.6 is 11.3 Å². The lowest BCUT2D eigenvalue weighted by molar-refractivity contribution is -0.384. The molecule has 0 aliphatic carbocycles. The fourth-order valence-electron chi connectivity index (χ4n) is 2.76. The third-order valence-corrected chi connectivity index (χ3v) is 6.45. The molecule has 0 atom stereocenters. The lowest BCUT2D eigenvalue weighted by Gasteiger charge is -2.04. The summed E-state index contributed by atoms with van der Waals surface area (Å²) in [6.45, 7) is -0.227. The zero-order chi connectivity index (χ0) is 23.5. The third kappa shape index (κ3) is 5.34. The number of nitro groups is 1. The van der Waals surface area contributed by atoms with Crippen LogP contribution in [0.5, 0.6) is 0 Å². The summed E-state index contributed by atoms with van der Waals surface area (Å²) in [6.07, 6.45) is 3.62. The summed E-state index contributed by atoms with van der Waals surface area (Å²) in [5.74, 6) is -1.23. The lowest BCUT2D eigenvalue weighted by Crippen LogP contribution is -2.22.